The third-order valence-corrected chi connectivity index (χ3v) is 4.35. The molecule has 106 valence electrons. The normalized spacial score (nSPS) is 20.0. The van der Waals surface area contributed by atoms with Crippen molar-refractivity contribution in [2.24, 2.45) is 5.92 Å². The molecule has 0 saturated carbocycles. The van der Waals surface area contributed by atoms with Crippen LogP contribution in [0.1, 0.15) is 41.4 Å². The summed E-state index contributed by atoms with van der Waals surface area (Å²) in [7, 11) is 0. The zero-order valence-corrected chi connectivity index (χ0v) is 12.8. The molecule has 1 unspecified atom stereocenters. The Balaban J connectivity index is 1.91. The number of hydrogen-bond donors (Lipinski definition) is 1. The highest BCUT2D eigenvalue weighted by atomic mass is 32.1. The number of piperidine rings is 1. The maximum absolute atomic E-state index is 12.4. The Bertz CT molecular complexity index is 430. The first-order valence-corrected chi connectivity index (χ1v) is 7.83. The van der Waals surface area contributed by atoms with Gasteiger partial charge in [0.15, 0.2) is 0 Å². The van der Waals surface area contributed by atoms with E-state index in [0.717, 1.165) is 35.9 Å². The quantitative estimate of drug-likeness (QED) is 0.921. The summed E-state index contributed by atoms with van der Waals surface area (Å²) < 4.78 is 0. The lowest BCUT2D eigenvalue weighted by Crippen LogP contribution is -2.43. The molecule has 1 amide bonds. The standard InChI is InChI=1S/C14H23N3OS/c1-10(2)15-7-12-5-4-6-17(9-12)14(18)13-8-16-11(3)19-13/h8,10,12,15H,4-7,9H2,1-3H3. The van der Waals surface area contributed by atoms with Gasteiger partial charge in [0.2, 0.25) is 0 Å². The molecule has 1 N–H and O–H groups in total. The molecule has 1 fully saturated rings. The predicted octanol–water partition coefficient (Wildman–Crippen LogP) is 2.30. The van der Waals surface area contributed by atoms with E-state index in [1.54, 1.807) is 6.20 Å². The first-order valence-electron chi connectivity index (χ1n) is 7.01. The molecule has 0 spiro atoms. The number of thiazole rings is 1. The van der Waals surface area contributed by atoms with E-state index in [4.69, 9.17) is 0 Å². The van der Waals surface area contributed by atoms with Crippen molar-refractivity contribution in [1.29, 1.82) is 0 Å². The summed E-state index contributed by atoms with van der Waals surface area (Å²) in [5.41, 5.74) is 0. The largest absolute Gasteiger partial charge is 0.338 e. The van der Waals surface area contributed by atoms with E-state index in [-0.39, 0.29) is 5.91 Å². The number of carbonyl (C=O) groups excluding carboxylic acids is 1. The second kappa shape index (κ2) is 6.48. The van der Waals surface area contributed by atoms with Crippen LogP contribution >= 0.6 is 11.3 Å². The summed E-state index contributed by atoms with van der Waals surface area (Å²) in [6.07, 6.45) is 4.03. The Morgan fingerprint density at radius 3 is 3.05 bits per heavy atom. The molecule has 5 heteroatoms. The first-order chi connectivity index (χ1) is 9.06. The summed E-state index contributed by atoms with van der Waals surface area (Å²) in [4.78, 5) is 19.3. The van der Waals surface area contributed by atoms with E-state index in [9.17, 15) is 4.79 Å². The SMILES string of the molecule is Cc1ncc(C(=O)N2CCCC(CNC(C)C)C2)s1. The Kier molecular flexibility index (Phi) is 4.93. The van der Waals surface area contributed by atoms with E-state index in [0.29, 0.717) is 12.0 Å². The van der Waals surface area contributed by atoms with Crippen LogP contribution in [0.4, 0.5) is 0 Å². The van der Waals surface area contributed by atoms with Crippen LogP contribution in [0.25, 0.3) is 0 Å². The van der Waals surface area contributed by atoms with Gasteiger partial charge in [0.05, 0.1) is 11.2 Å². The molecule has 2 rings (SSSR count). The maximum Gasteiger partial charge on any atom is 0.265 e. The minimum Gasteiger partial charge on any atom is -0.338 e. The van der Waals surface area contributed by atoms with Gasteiger partial charge in [-0.3, -0.25) is 4.79 Å². The van der Waals surface area contributed by atoms with Gasteiger partial charge in [0.25, 0.3) is 5.91 Å². The van der Waals surface area contributed by atoms with Crippen LogP contribution in [0.5, 0.6) is 0 Å². The number of amides is 1. The van der Waals surface area contributed by atoms with Crippen molar-refractivity contribution in [3.05, 3.63) is 16.1 Å². The van der Waals surface area contributed by atoms with E-state index < -0.39 is 0 Å². The van der Waals surface area contributed by atoms with Crippen LogP contribution in [0.15, 0.2) is 6.20 Å². The van der Waals surface area contributed by atoms with Gasteiger partial charge < -0.3 is 10.2 Å². The Morgan fingerprint density at radius 2 is 2.42 bits per heavy atom. The zero-order chi connectivity index (χ0) is 13.8. The van der Waals surface area contributed by atoms with Crippen LogP contribution in [-0.2, 0) is 0 Å². The summed E-state index contributed by atoms with van der Waals surface area (Å²) >= 11 is 1.49. The highest BCUT2D eigenvalue weighted by Crippen LogP contribution is 2.20. The molecule has 2 heterocycles. The second-order valence-corrected chi connectivity index (χ2v) is 6.80. The van der Waals surface area contributed by atoms with Crippen molar-refractivity contribution in [1.82, 2.24) is 15.2 Å². The highest BCUT2D eigenvalue weighted by molar-refractivity contribution is 7.13. The smallest absolute Gasteiger partial charge is 0.265 e. The van der Waals surface area contributed by atoms with E-state index in [1.807, 2.05) is 11.8 Å². The number of aryl methyl sites for hydroxylation is 1. The van der Waals surface area contributed by atoms with Crippen molar-refractivity contribution in [2.75, 3.05) is 19.6 Å². The Morgan fingerprint density at radius 1 is 1.63 bits per heavy atom. The zero-order valence-electron chi connectivity index (χ0n) is 12.0. The van der Waals surface area contributed by atoms with Gasteiger partial charge in [0, 0.05) is 19.1 Å². The van der Waals surface area contributed by atoms with Gasteiger partial charge in [-0.15, -0.1) is 11.3 Å². The number of likely N-dealkylation sites (tertiary alicyclic amines) is 1. The van der Waals surface area contributed by atoms with E-state index in [2.05, 4.69) is 24.1 Å². The van der Waals surface area contributed by atoms with Gasteiger partial charge in [-0.25, -0.2) is 4.98 Å². The Labute approximate surface area is 119 Å². The lowest BCUT2D eigenvalue weighted by Gasteiger charge is -2.33. The van der Waals surface area contributed by atoms with Gasteiger partial charge in [-0.05, 0) is 32.2 Å². The van der Waals surface area contributed by atoms with Gasteiger partial charge >= 0.3 is 0 Å². The fraction of sp³-hybridized carbons (Fsp3) is 0.714. The van der Waals surface area contributed by atoms with Crippen LogP contribution in [0.3, 0.4) is 0 Å². The van der Waals surface area contributed by atoms with Crippen LogP contribution in [0.2, 0.25) is 0 Å². The predicted molar refractivity (Wildman–Crippen MR) is 78.6 cm³/mol. The van der Waals surface area contributed by atoms with E-state index in [1.165, 1.54) is 17.8 Å². The number of nitrogens with zero attached hydrogens (tertiary/aromatic N) is 2. The minimum absolute atomic E-state index is 0.153. The topological polar surface area (TPSA) is 45.2 Å². The number of nitrogens with one attached hydrogen (secondary N) is 1. The van der Waals surface area contributed by atoms with E-state index >= 15 is 0 Å². The molecule has 0 aliphatic carbocycles. The average molecular weight is 281 g/mol. The van der Waals surface area contributed by atoms with Gasteiger partial charge in [0.1, 0.15) is 4.88 Å². The summed E-state index contributed by atoms with van der Waals surface area (Å²) in [5, 5.41) is 4.43. The van der Waals surface area contributed by atoms with Crippen LogP contribution < -0.4 is 5.32 Å². The third-order valence-electron chi connectivity index (χ3n) is 3.45. The van der Waals surface area contributed by atoms with Crippen molar-refractivity contribution >= 4 is 17.2 Å². The summed E-state index contributed by atoms with van der Waals surface area (Å²) in [5.74, 6) is 0.731. The number of carbonyl (C=O) groups is 1. The fourth-order valence-corrected chi connectivity index (χ4v) is 3.18. The molecule has 19 heavy (non-hydrogen) atoms. The highest BCUT2D eigenvalue weighted by Gasteiger charge is 2.25. The summed E-state index contributed by atoms with van der Waals surface area (Å²) in [6, 6.07) is 0.509. The van der Waals surface area contributed by atoms with Crippen molar-refractivity contribution in [3.8, 4) is 0 Å². The maximum atomic E-state index is 12.4. The second-order valence-electron chi connectivity index (χ2n) is 5.57. The molecule has 0 radical (unpaired) electrons. The number of hydrogen-bond acceptors (Lipinski definition) is 4. The molecule has 1 atom stereocenters. The van der Waals surface area contributed by atoms with Crippen molar-refractivity contribution < 1.29 is 4.79 Å². The van der Waals surface area contributed by atoms with Gasteiger partial charge in [-0.2, -0.15) is 0 Å². The van der Waals surface area contributed by atoms with Crippen LogP contribution in [-0.4, -0.2) is 41.5 Å². The average Bonchev–Trinajstić information content (AvgIpc) is 2.82. The molecule has 1 aromatic rings. The molecule has 0 bridgehead atoms. The minimum atomic E-state index is 0.153. The molecule has 1 aromatic heterocycles. The van der Waals surface area contributed by atoms with Crippen LogP contribution in [0, 0.1) is 12.8 Å². The number of rotatable bonds is 4. The monoisotopic (exact) mass is 281 g/mol. The fourth-order valence-electron chi connectivity index (χ4n) is 2.43. The Hall–Kier alpha value is -0.940. The molecule has 1 aliphatic heterocycles. The van der Waals surface area contributed by atoms with Gasteiger partial charge in [-0.1, -0.05) is 13.8 Å². The molecular weight excluding hydrogens is 258 g/mol. The molecule has 1 saturated heterocycles. The molecule has 0 aromatic carbocycles. The third kappa shape index (κ3) is 4.01. The first kappa shape index (κ1) is 14.5. The van der Waals surface area contributed by atoms with Crippen molar-refractivity contribution in [2.45, 2.75) is 39.7 Å². The number of aromatic nitrogens is 1. The lowest BCUT2D eigenvalue weighted by atomic mass is 9.97. The van der Waals surface area contributed by atoms with Crippen molar-refractivity contribution in [3.63, 3.8) is 0 Å². The summed E-state index contributed by atoms with van der Waals surface area (Å²) in [6.45, 7) is 9.01. The molecule has 1 aliphatic rings. The molecule has 4 nitrogen and oxygen atoms in total. The lowest BCUT2D eigenvalue weighted by molar-refractivity contribution is 0.0677. The molecular formula is C14H23N3OS.